The van der Waals surface area contributed by atoms with Crippen molar-refractivity contribution >= 4 is 79.9 Å². The molecule has 0 radical (unpaired) electrons. The molecule has 13 nitrogen and oxygen atoms in total. The highest BCUT2D eigenvalue weighted by atomic mass is 35.5. The lowest BCUT2D eigenvalue weighted by Gasteiger charge is -2.49. The Bertz CT molecular complexity index is 1100. The van der Waals surface area contributed by atoms with Crippen molar-refractivity contribution in [3.63, 3.8) is 0 Å². The number of hydrogen-bond acceptors (Lipinski definition) is 12. The molecule has 0 bridgehead atoms. The number of hydrogen-bond donors (Lipinski definition) is 1. The summed E-state index contributed by atoms with van der Waals surface area (Å²) in [6, 6.07) is -1.23. The van der Waals surface area contributed by atoms with Crippen LogP contribution in [0.3, 0.4) is 0 Å². The Hall–Kier alpha value is -2.62. The van der Waals surface area contributed by atoms with Gasteiger partial charge in [-0.1, -0.05) is 12.1 Å². The highest BCUT2D eigenvalue weighted by Gasteiger charge is 2.61. The first kappa shape index (κ1) is 27.0. The third-order valence-corrected chi connectivity index (χ3v) is 7.69. The largest absolute Gasteiger partial charge is 0.614 e. The minimum Gasteiger partial charge on any atom is -0.614 e. The molecule has 1 aromatic heterocycles. The molecule has 3 rings (SSSR count). The maximum atomic E-state index is 13.1. The van der Waals surface area contributed by atoms with Crippen LogP contribution in [-0.4, -0.2) is 93.5 Å². The van der Waals surface area contributed by atoms with Gasteiger partial charge in [0, 0.05) is 5.57 Å². The average molecular weight is 544 g/mol. The number of halogens is 1. The minimum absolute atomic E-state index is 0.0665. The van der Waals surface area contributed by atoms with E-state index in [1.54, 1.807) is 13.8 Å². The predicted molar refractivity (Wildman–Crippen MR) is 129 cm³/mol. The number of fused-ring (bicyclic) bond motifs is 1. The van der Waals surface area contributed by atoms with E-state index in [1.165, 1.54) is 8.05 Å². The van der Waals surface area contributed by atoms with Crippen LogP contribution in [0, 0.1) is 6.92 Å². The van der Waals surface area contributed by atoms with E-state index >= 15 is 0 Å². The molecule has 1 N–H and O–H groups in total. The monoisotopic (exact) mass is 543 g/mol. The van der Waals surface area contributed by atoms with Gasteiger partial charge in [-0.05, 0) is 36.1 Å². The lowest BCUT2D eigenvalue weighted by molar-refractivity contribution is -0.149. The molecule has 0 spiro atoms. The maximum Gasteiger partial charge on any atom is 0.337 e. The second-order valence-electron chi connectivity index (χ2n) is 7.25. The standard InChI is InChI=1S/C17H20B2ClN5O8S2/c1-3-8(16(28)31-18)33-23-9(12-21-6(2)34-24-12)13(26)22-10-14(27)25-11(17(29)32-19)7(4-20)5-35(30)15(10)25/h8,10,15H,3-5,18-19H2,1-2H3,(H,22,26)/b23-9-/t8-,10+,15+,35?/m0/s1. The van der Waals surface area contributed by atoms with Gasteiger partial charge in [0.15, 0.2) is 6.04 Å². The first-order valence-electron chi connectivity index (χ1n) is 10.2. The molecule has 0 aliphatic carbocycles. The number of nitrogens with zero attached hydrogens (tertiary/aromatic N) is 4. The summed E-state index contributed by atoms with van der Waals surface area (Å²) in [6.07, 6.45) is -0.881. The molecule has 0 saturated carbocycles. The van der Waals surface area contributed by atoms with Gasteiger partial charge in [0.1, 0.15) is 16.5 Å². The number of rotatable bonds is 9. The van der Waals surface area contributed by atoms with Crippen molar-refractivity contribution in [2.45, 2.75) is 37.8 Å². The number of alkyl halides is 1. The Morgan fingerprint density at radius 3 is 2.66 bits per heavy atom. The number of nitrogens with one attached hydrogen (secondary N) is 1. The van der Waals surface area contributed by atoms with Gasteiger partial charge in [-0.2, -0.15) is 4.37 Å². The number of carbonyl (C=O) groups excluding carboxylic acids is 4. The van der Waals surface area contributed by atoms with E-state index in [2.05, 4.69) is 24.5 Å². The number of aryl methyl sites for hydroxylation is 1. The van der Waals surface area contributed by atoms with Crippen LogP contribution < -0.4 is 5.32 Å². The minimum atomic E-state index is -1.66. The fourth-order valence-corrected chi connectivity index (χ4v) is 5.85. The van der Waals surface area contributed by atoms with Gasteiger partial charge in [0.2, 0.25) is 23.0 Å². The average Bonchev–Trinajstić information content (AvgIpc) is 3.28. The van der Waals surface area contributed by atoms with Crippen molar-refractivity contribution < 1.29 is 37.9 Å². The molecule has 1 saturated heterocycles. The molecule has 1 fully saturated rings. The van der Waals surface area contributed by atoms with Gasteiger partial charge >= 0.3 is 28.0 Å². The van der Waals surface area contributed by atoms with Gasteiger partial charge in [-0.3, -0.25) is 14.5 Å². The van der Waals surface area contributed by atoms with Crippen molar-refractivity contribution in [3.05, 3.63) is 22.1 Å². The van der Waals surface area contributed by atoms with Crippen molar-refractivity contribution in [1.29, 1.82) is 0 Å². The van der Waals surface area contributed by atoms with Crippen LogP contribution in [-0.2, 0) is 44.5 Å². The smallest absolute Gasteiger partial charge is 0.337 e. The van der Waals surface area contributed by atoms with Crippen molar-refractivity contribution in [3.8, 4) is 0 Å². The summed E-state index contributed by atoms with van der Waals surface area (Å²) in [5, 5.41) is 5.75. The van der Waals surface area contributed by atoms with Gasteiger partial charge in [-0.15, -0.1) is 11.6 Å². The number of carbonyl (C=O) groups is 4. The highest BCUT2D eigenvalue weighted by Crippen LogP contribution is 2.37. The van der Waals surface area contributed by atoms with Crippen molar-refractivity contribution in [2.75, 3.05) is 11.6 Å². The van der Waals surface area contributed by atoms with E-state index in [4.69, 9.17) is 21.1 Å². The summed E-state index contributed by atoms with van der Waals surface area (Å²) in [5.41, 5.74) is -0.173. The number of amides is 2. The van der Waals surface area contributed by atoms with E-state index in [-0.39, 0.29) is 29.6 Å². The molecular weight excluding hydrogens is 523 g/mol. The number of β-lactam (4-membered cyclic amide) rings is 1. The molecule has 1 aromatic rings. The van der Waals surface area contributed by atoms with E-state index in [0.717, 1.165) is 24.5 Å². The van der Waals surface area contributed by atoms with Gasteiger partial charge in [-0.25, -0.2) is 14.6 Å². The SMILES string of the molecule is BOC(=O)C1=C(CCl)C[S+]([O-])[C@@H]2[C@H](NC(=O)/C(=N\O[C@@H](CC)C(=O)OB)c3nsc(C)n3)C(=O)N12. The fourth-order valence-electron chi connectivity index (χ4n) is 3.36. The van der Waals surface area contributed by atoms with Crippen LogP contribution in [0.2, 0.25) is 0 Å². The topological polar surface area (TPSA) is 172 Å². The second kappa shape index (κ2) is 11.4. The Morgan fingerprint density at radius 2 is 2.11 bits per heavy atom. The summed E-state index contributed by atoms with van der Waals surface area (Å²) in [4.78, 5) is 60.4. The summed E-state index contributed by atoms with van der Waals surface area (Å²) in [7, 11) is 2.33. The molecule has 3 heterocycles. The zero-order valence-electron chi connectivity index (χ0n) is 19.1. The third kappa shape index (κ3) is 5.32. The zero-order chi connectivity index (χ0) is 25.9. The lowest BCUT2D eigenvalue weighted by Crippen LogP contribution is -2.75. The molecule has 0 aromatic carbocycles. The molecule has 186 valence electrons. The van der Waals surface area contributed by atoms with E-state index in [1.807, 2.05) is 0 Å². The van der Waals surface area contributed by atoms with Crippen LogP contribution in [0.25, 0.3) is 0 Å². The molecule has 2 amide bonds. The van der Waals surface area contributed by atoms with E-state index < -0.39 is 58.2 Å². The van der Waals surface area contributed by atoms with Crippen molar-refractivity contribution in [1.82, 2.24) is 19.6 Å². The third-order valence-electron chi connectivity index (χ3n) is 5.09. The first-order valence-corrected chi connectivity index (χ1v) is 12.9. The Balaban J connectivity index is 1.86. The molecule has 35 heavy (non-hydrogen) atoms. The van der Waals surface area contributed by atoms with Crippen LogP contribution in [0.1, 0.15) is 24.2 Å². The molecule has 18 heteroatoms. The molecular formula is C17H20B2ClN5O8S2. The summed E-state index contributed by atoms with van der Waals surface area (Å²) < 4.78 is 26.2. The van der Waals surface area contributed by atoms with Gasteiger partial charge in [0.25, 0.3) is 11.8 Å². The second-order valence-corrected chi connectivity index (χ2v) is 10.0. The van der Waals surface area contributed by atoms with Crippen molar-refractivity contribution in [2.24, 2.45) is 5.16 Å². The molecule has 2 aliphatic rings. The number of oxime groups is 1. The Kier molecular flexibility index (Phi) is 8.79. The van der Waals surface area contributed by atoms with Crippen LogP contribution in [0.4, 0.5) is 0 Å². The lowest BCUT2D eigenvalue weighted by atomic mass is 10.0. The van der Waals surface area contributed by atoms with Gasteiger partial charge in [0.05, 0.1) is 5.88 Å². The molecule has 4 atom stereocenters. The predicted octanol–water partition coefficient (Wildman–Crippen LogP) is -2.56. The quantitative estimate of drug-likeness (QED) is 0.0872. The molecule has 2 aliphatic heterocycles. The summed E-state index contributed by atoms with van der Waals surface area (Å²) in [6.45, 7) is 3.32. The van der Waals surface area contributed by atoms with Gasteiger partial charge < -0.3 is 24.0 Å². The highest BCUT2D eigenvalue weighted by molar-refractivity contribution is 7.92. The summed E-state index contributed by atoms with van der Waals surface area (Å²) in [5.74, 6) is -3.34. The van der Waals surface area contributed by atoms with Crippen LogP contribution in [0.15, 0.2) is 16.4 Å². The van der Waals surface area contributed by atoms with E-state index in [0.29, 0.717) is 10.6 Å². The fraction of sp³-hybridized carbons (Fsp3) is 0.471. The van der Waals surface area contributed by atoms with E-state index in [9.17, 15) is 23.7 Å². The first-order chi connectivity index (χ1) is 16.7. The maximum absolute atomic E-state index is 13.1. The Morgan fingerprint density at radius 1 is 1.40 bits per heavy atom. The van der Waals surface area contributed by atoms with Crippen LogP contribution >= 0.6 is 23.1 Å². The number of aromatic nitrogens is 2. The summed E-state index contributed by atoms with van der Waals surface area (Å²) >= 11 is 5.23. The molecule has 1 unspecified atom stereocenters. The zero-order valence-corrected chi connectivity index (χ0v) is 21.5. The Labute approximate surface area is 213 Å². The normalized spacial score (nSPS) is 22.6. The van der Waals surface area contributed by atoms with Crippen LogP contribution in [0.5, 0.6) is 0 Å².